The maximum Gasteiger partial charge on any atom is 0.278 e. The summed E-state index contributed by atoms with van der Waals surface area (Å²) in [5.41, 5.74) is 4.84. The summed E-state index contributed by atoms with van der Waals surface area (Å²) >= 11 is 1.56. The van der Waals surface area contributed by atoms with Gasteiger partial charge >= 0.3 is 0 Å². The maximum atomic E-state index is 13.1. The first-order valence-electron chi connectivity index (χ1n) is 8.87. The summed E-state index contributed by atoms with van der Waals surface area (Å²) in [5.74, 6) is -0.0284. The summed E-state index contributed by atoms with van der Waals surface area (Å²) in [4.78, 5) is 25.4. The number of anilines is 5. The number of aromatic nitrogens is 2. The lowest BCUT2D eigenvalue weighted by Crippen LogP contribution is -2.23. The van der Waals surface area contributed by atoms with Crippen molar-refractivity contribution in [3.63, 3.8) is 0 Å². The number of nitrogens with one attached hydrogen (secondary N) is 3. The number of para-hydroxylation sites is 2. The fourth-order valence-corrected chi connectivity index (χ4v) is 2.99. The Morgan fingerprint density at radius 2 is 1.83 bits per heavy atom. The number of hydrogen-bond acceptors (Lipinski definition) is 8. The van der Waals surface area contributed by atoms with Crippen LogP contribution in [0.5, 0.6) is 0 Å². The third kappa shape index (κ3) is 5.16. The van der Waals surface area contributed by atoms with Crippen LogP contribution in [0.4, 0.5) is 33.1 Å². The Hall–Kier alpha value is -3.37. The van der Waals surface area contributed by atoms with E-state index in [1.165, 1.54) is 25.4 Å². The highest BCUT2D eigenvalue weighted by molar-refractivity contribution is 7.99. The lowest BCUT2D eigenvalue weighted by molar-refractivity contribution is 0.0538. The van der Waals surface area contributed by atoms with Gasteiger partial charge in [0.2, 0.25) is 0 Å². The highest BCUT2D eigenvalue weighted by atomic mass is 32.2. The van der Waals surface area contributed by atoms with Gasteiger partial charge in [0.25, 0.3) is 5.91 Å². The van der Waals surface area contributed by atoms with Crippen molar-refractivity contribution in [2.45, 2.75) is 0 Å². The largest absolute Gasteiger partial charge is 0.353 e. The van der Waals surface area contributed by atoms with Crippen molar-refractivity contribution in [1.29, 1.82) is 0 Å². The van der Waals surface area contributed by atoms with Crippen LogP contribution in [0, 0.1) is 5.82 Å². The van der Waals surface area contributed by atoms with Crippen LogP contribution in [-0.2, 0) is 4.84 Å². The minimum Gasteiger partial charge on any atom is -0.353 e. The molecule has 3 rings (SSSR count). The van der Waals surface area contributed by atoms with Crippen LogP contribution in [0.1, 0.15) is 10.4 Å². The van der Waals surface area contributed by atoms with E-state index in [-0.39, 0.29) is 5.56 Å². The van der Waals surface area contributed by atoms with Crippen molar-refractivity contribution in [3.05, 3.63) is 66.2 Å². The van der Waals surface area contributed by atoms with Gasteiger partial charge in [0.1, 0.15) is 17.5 Å². The molecule has 0 saturated carbocycles. The number of nitrogens with zero attached hydrogens (tertiary/aromatic N) is 3. The van der Waals surface area contributed by atoms with Gasteiger partial charge in [-0.1, -0.05) is 24.1 Å². The van der Waals surface area contributed by atoms with Gasteiger partial charge in [-0.25, -0.2) is 19.8 Å². The highest BCUT2D eigenvalue weighted by Gasteiger charge is 2.16. The Labute approximate surface area is 178 Å². The quantitative estimate of drug-likeness (QED) is 0.365. The van der Waals surface area contributed by atoms with Crippen molar-refractivity contribution in [3.8, 4) is 0 Å². The molecular formula is C20H21FN6O2S. The van der Waals surface area contributed by atoms with Gasteiger partial charge in [-0.3, -0.25) is 9.63 Å². The zero-order valence-electron chi connectivity index (χ0n) is 16.6. The monoisotopic (exact) mass is 428 g/mol. The van der Waals surface area contributed by atoms with Crippen molar-refractivity contribution in [1.82, 2.24) is 15.4 Å². The van der Waals surface area contributed by atoms with Crippen LogP contribution in [0.2, 0.25) is 0 Å². The van der Waals surface area contributed by atoms with Gasteiger partial charge in [0.05, 0.1) is 35.9 Å². The molecule has 10 heteroatoms. The maximum absolute atomic E-state index is 13.1. The van der Waals surface area contributed by atoms with Gasteiger partial charge < -0.3 is 14.9 Å². The molecule has 0 spiro atoms. The normalized spacial score (nSPS) is 10.4. The molecular weight excluding hydrogens is 407 g/mol. The second-order valence-electron chi connectivity index (χ2n) is 6.06. The molecule has 3 N–H and O–H groups in total. The lowest BCUT2D eigenvalue weighted by atomic mass is 10.2. The van der Waals surface area contributed by atoms with Crippen LogP contribution >= 0.6 is 11.9 Å². The van der Waals surface area contributed by atoms with Gasteiger partial charge in [0.15, 0.2) is 0 Å². The molecule has 0 atom stereocenters. The first kappa shape index (κ1) is 21.3. The number of amides is 1. The van der Waals surface area contributed by atoms with Crippen LogP contribution in [-0.4, -0.2) is 36.3 Å². The average Bonchev–Trinajstić information content (AvgIpc) is 2.75. The summed E-state index contributed by atoms with van der Waals surface area (Å²) in [6, 6.07) is 12.2. The predicted octanol–water partition coefficient (Wildman–Crippen LogP) is 4.11. The summed E-state index contributed by atoms with van der Waals surface area (Å²) < 4.78 is 15.1. The fourth-order valence-electron chi connectivity index (χ4n) is 2.63. The fraction of sp³-hybridized carbons (Fsp3) is 0.150. The molecule has 0 aliphatic heterocycles. The summed E-state index contributed by atoms with van der Waals surface area (Å²) in [6.45, 7) is 0. The van der Waals surface area contributed by atoms with Crippen molar-refractivity contribution in [2.75, 3.05) is 35.4 Å². The van der Waals surface area contributed by atoms with E-state index < -0.39 is 11.7 Å². The number of halogens is 1. The van der Waals surface area contributed by atoms with Gasteiger partial charge in [-0.05, 0) is 24.3 Å². The number of pyridine rings is 2. The number of carbonyl (C=O) groups is 1. The summed E-state index contributed by atoms with van der Waals surface area (Å²) in [5, 5.41) is 6.30. The third-order valence-electron chi connectivity index (χ3n) is 4.11. The molecule has 156 valence electrons. The lowest BCUT2D eigenvalue weighted by Gasteiger charge is -2.21. The molecule has 2 heterocycles. The standard InChI is InChI=1S/C20H21FN6O2S/c1-27(30-3)17-7-5-4-6-15(17)24-16-10-19(23-12-14(16)20(28)26-29-2)25-18-9-8-13(21)11-22-18/h4-12H,1-3H3,(H,26,28)(H2,22,23,24,25). The number of hydrogen-bond donors (Lipinski definition) is 3. The molecule has 8 nitrogen and oxygen atoms in total. The summed E-state index contributed by atoms with van der Waals surface area (Å²) in [7, 11) is 3.31. The minimum absolute atomic E-state index is 0.288. The molecule has 0 fully saturated rings. The molecule has 0 radical (unpaired) electrons. The molecule has 0 unspecified atom stereocenters. The Morgan fingerprint density at radius 3 is 2.53 bits per heavy atom. The first-order chi connectivity index (χ1) is 14.5. The van der Waals surface area contributed by atoms with Crippen LogP contribution in [0.3, 0.4) is 0 Å². The van der Waals surface area contributed by atoms with Crippen LogP contribution < -0.4 is 20.4 Å². The van der Waals surface area contributed by atoms with E-state index in [9.17, 15) is 9.18 Å². The number of carbonyl (C=O) groups excluding carboxylic acids is 1. The Balaban J connectivity index is 1.97. The third-order valence-corrected chi connectivity index (χ3v) is 4.86. The molecule has 1 amide bonds. The molecule has 2 aromatic heterocycles. The molecule has 0 saturated heterocycles. The SMILES string of the molecule is CONC(=O)c1cnc(Nc2ccc(F)cn2)cc1Nc1ccccc1N(C)SC. The smallest absolute Gasteiger partial charge is 0.278 e. The molecule has 0 aliphatic rings. The van der Waals surface area contributed by atoms with Crippen molar-refractivity contribution < 1.29 is 14.0 Å². The van der Waals surface area contributed by atoms with Crippen LogP contribution in [0.25, 0.3) is 0 Å². The molecule has 0 aliphatic carbocycles. The van der Waals surface area contributed by atoms with Crippen molar-refractivity contribution in [2.24, 2.45) is 0 Å². The zero-order valence-corrected chi connectivity index (χ0v) is 17.5. The van der Waals surface area contributed by atoms with Gasteiger partial charge in [-0.15, -0.1) is 0 Å². The average molecular weight is 428 g/mol. The second-order valence-corrected chi connectivity index (χ2v) is 6.97. The van der Waals surface area contributed by atoms with Crippen molar-refractivity contribution >= 4 is 46.6 Å². The van der Waals surface area contributed by atoms with E-state index in [0.29, 0.717) is 17.3 Å². The van der Waals surface area contributed by atoms with E-state index in [4.69, 9.17) is 4.84 Å². The minimum atomic E-state index is -0.449. The Bertz CT molecular complexity index is 1020. The van der Waals surface area contributed by atoms with E-state index >= 15 is 0 Å². The molecule has 3 aromatic rings. The Morgan fingerprint density at radius 1 is 1.07 bits per heavy atom. The van der Waals surface area contributed by atoms with E-state index in [0.717, 1.165) is 17.6 Å². The van der Waals surface area contributed by atoms with Gasteiger partial charge in [-0.2, -0.15) is 0 Å². The second kappa shape index (κ2) is 9.90. The molecule has 0 bridgehead atoms. The van der Waals surface area contributed by atoms with E-state index in [1.54, 1.807) is 18.0 Å². The highest BCUT2D eigenvalue weighted by Crippen LogP contribution is 2.32. The first-order valence-corrected chi connectivity index (χ1v) is 10.1. The van der Waals surface area contributed by atoms with Gasteiger partial charge in [0, 0.05) is 25.6 Å². The number of rotatable bonds is 8. The van der Waals surface area contributed by atoms with Crippen LogP contribution in [0.15, 0.2) is 54.9 Å². The topological polar surface area (TPSA) is 91.4 Å². The zero-order chi connectivity index (χ0) is 21.5. The molecule has 1 aromatic carbocycles. The predicted molar refractivity (Wildman–Crippen MR) is 118 cm³/mol. The van der Waals surface area contributed by atoms with E-state index in [1.807, 2.05) is 41.9 Å². The number of hydroxylamine groups is 1. The molecule has 30 heavy (non-hydrogen) atoms. The van der Waals surface area contributed by atoms with E-state index in [2.05, 4.69) is 26.1 Å². The Kier molecular flexibility index (Phi) is 7.04. The summed E-state index contributed by atoms with van der Waals surface area (Å²) in [6.07, 6.45) is 4.50. The number of benzene rings is 1.